The lowest BCUT2D eigenvalue weighted by Gasteiger charge is -2.13. The molecule has 2 unspecified atom stereocenters. The number of aromatic nitrogens is 2. The van der Waals surface area contributed by atoms with Crippen LogP contribution in [-0.4, -0.2) is 38.8 Å². The third-order valence-corrected chi connectivity index (χ3v) is 3.71. The van der Waals surface area contributed by atoms with E-state index in [1.165, 1.54) is 0 Å². The molecule has 1 N–H and O–H groups in total. The molecule has 18 heavy (non-hydrogen) atoms. The number of carboxylic acids is 1. The highest BCUT2D eigenvalue weighted by Crippen LogP contribution is 2.18. The van der Waals surface area contributed by atoms with Gasteiger partial charge in [-0.3, -0.25) is 14.4 Å². The van der Waals surface area contributed by atoms with Crippen LogP contribution in [0.1, 0.15) is 38.4 Å². The van der Waals surface area contributed by atoms with E-state index >= 15 is 0 Å². The Hall–Kier alpha value is -1.36. The topological polar surface area (TPSA) is 58.4 Å². The van der Waals surface area contributed by atoms with Gasteiger partial charge >= 0.3 is 5.97 Å². The zero-order valence-corrected chi connectivity index (χ0v) is 11.0. The predicted octanol–water partition coefficient (Wildman–Crippen LogP) is 1.76. The smallest absolute Gasteiger partial charge is 0.307 e. The maximum atomic E-state index is 10.9. The first-order valence-corrected chi connectivity index (χ1v) is 6.59. The average molecular weight is 251 g/mol. The van der Waals surface area contributed by atoms with Gasteiger partial charge in [0.05, 0.1) is 11.6 Å². The minimum absolute atomic E-state index is 0.207. The van der Waals surface area contributed by atoms with Gasteiger partial charge in [-0.1, -0.05) is 6.92 Å². The summed E-state index contributed by atoms with van der Waals surface area (Å²) in [6.45, 7) is 6.54. The van der Waals surface area contributed by atoms with Crippen molar-refractivity contribution in [2.45, 2.75) is 39.3 Å². The number of hydrogen-bond acceptors (Lipinski definition) is 3. The molecule has 1 aromatic heterocycles. The summed E-state index contributed by atoms with van der Waals surface area (Å²) in [6, 6.07) is 2.45. The Labute approximate surface area is 107 Å². The minimum Gasteiger partial charge on any atom is -0.481 e. The molecule has 2 heterocycles. The molecule has 0 aliphatic carbocycles. The van der Waals surface area contributed by atoms with Gasteiger partial charge in [-0.25, -0.2) is 0 Å². The molecule has 0 saturated carbocycles. The second kappa shape index (κ2) is 5.52. The Morgan fingerprint density at radius 1 is 1.67 bits per heavy atom. The molecule has 100 valence electrons. The molecule has 0 radical (unpaired) electrons. The number of rotatable bonds is 5. The second-order valence-electron chi connectivity index (χ2n) is 5.10. The van der Waals surface area contributed by atoms with Gasteiger partial charge in [0, 0.05) is 25.3 Å². The van der Waals surface area contributed by atoms with Crippen LogP contribution in [0.3, 0.4) is 0 Å². The Morgan fingerprint density at radius 3 is 3.06 bits per heavy atom. The summed E-state index contributed by atoms with van der Waals surface area (Å²) in [5.41, 5.74) is 1.03. The number of carbonyl (C=O) groups is 1. The zero-order chi connectivity index (χ0) is 13.1. The van der Waals surface area contributed by atoms with Gasteiger partial charge in [0.2, 0.25) is 0 Å². The van der Waals surface area contributed by atoms with Gasteiger partial charge in [0.25, 0.3) is 0 Å². The fourth-order valence-electron chi connectivity index (χ4n) is 2.30. The van der Waals surface area contributed by atoms with Crippen molar-refractivity contribution in [3.05, 3.63) is 18.0 Å². The molecular formula is C13H21N3O2. The van der Waals surface area contributed by atoms with Crippen molar-refractivity contribution in [2.75, 3.05) is 13.1 Å². The lowest BCUT2D eigenvalue weighted by atomic mass is 10.1. The molecule has 1 aliphatic heterocycles. The first-order valence-electron chi connectivity index (χ1n) is 6.59. The van der Waals surface area contributed by atoms with Crippen LogP contribution < -0.4 is 0 Å². The zero-order valence-electron chi connectivity index (χ0n) is 11.0. The first-order chi connectivity index (χ1) is 8.60. The van der Waals surface area contributed by atoms with E-state index < -0.39 is 5.97 Å². The SMILES string of the molecule is CCC(C)n1ccc(CN2CCC(C(=O)O)C2)n1. The van der Waals surface area contributed by atoms with Crippen LogP contribution >= 0.6 is 0 Å². The Morgan fingerprint density at radius 2 is 2.44 bits per heavy atom. The number of carboxylic acid groups (broad SMARTS) is 1. The summed E-state index contributed by atoms with van der Waals surface area (Å²) < 4.78 is 1.99. The van der Waals surface area contributed by atoms with E-state index in [4.69, 9.17) is 5.11 Å². The Balaban J connectivity index is 1.91. The lowest BCUT2D eigenvalue weighted by molar-refractivity contribution is -0.141. The largest absolute Gasteiger partial charge is 0.481 e. The van der Waals surface area contributed by atoms with Crippen LogP contribution in [0, 0.1) is 5.92 Å². The van der Waals surface area contributed by atoms with Gasteiger partial charge < -0.3 is 5.11 Å². The molecule has 2 atom stereocenters. The summed E-state index contributed by atoms with van der Waals surface area (Å²) in [4.78, 5) is 13.1. The van der Waals surface area contributed by atoms with Gasteiger partial charge in [0.15, 0.2) is 0 Å². The molecule has 0 aromatic carbocycles. The van der Waals surface area contributed by atoms with E-state index in [-0.39, 0.29) is 5.92 Å². The van der Waals surface area contributed by atoms with Crippen LogP contribution in [0.4, 0.5) is 0 Å². The maximum Gasteiger partial charge on any atom is 0.307 e. The quantitative estimate of drug-likeness (QED) is 0.866. The van der Waals surface area contributed by atoms with E-state index in [9.17, 15) is 4.79 Å². The Kier molecular flexibility index (Phi) is 4.01. The Bertz CT molecular complexity index is 416. The summed E-state index contributed by atoms with van der Waals surface area (Å²) in [5, 5.41) is 13.5. The molecule has 5 heteroatoms. The second-order valence-corrected chi connectivity index (χ2v) is 5.10. The van der Waals surface area contributed by atoms with Crippen molar-refractivity contribution in [3.8, 4) is 0 Å². The molecule has 5 nitrogen and oxygen atoms in total. The minimum atomic E-state index is -0.678. The van der Waals surface area contributed by atoms with Crippen molar-refractivity contribution < 1.29 is 9.90 Å². The molecule has 2 rings (SSSR count). The molecule has 1 aliphatic rings. The molecule has 0 spiro atoms. The summed E-state index contributed by atoms with van der Waals surface area (Å²) in [7, 11) is 0. The van der Waals surface area contributed by atoms with Crippen molar-refractivity contribution in [2.24, 2.45) is 5.92 Å². The monoisotopic (exact) mass is 251 g/mol. The standard InChI is InChI=1S/C13H21N3O2/c1-3-10(2)16-7-5-12(14-16)9-15-6-4-11(8-15)13(17)18/h5,7,10-11H,3-4,6,8-9H2,1-2H3,(H,17,18). The van der Waals surface area contributed by atoms with E-state index in [1.807, 2.05) is 16.9 Å². The maximum absolute atomic E-state index is 10.9. The molecule has 0 bridgehead atoms. The summed E-state index contributed by atoms with van der Waals surface area (Å²) >= 11 is 0. The number of hydrogen-bond donors (Lipinski definition) is 1. The van der Waals surface area contributed by atoms with Crippen molar-refractivity contribution >= 4 is 5.97 Å². The van der Waals surface area contributed by atoms with E-state index in [1.54, 1.807) is 0 Å². The lowest BCUT2D eigenvalue weighted by Crippen LogP contribution is -2.23. The van der Waals surface area contributed by atoms with E-state index in [0.717, 1.165) is 31.6 Å². The van der Waals surface area contributed by atoms with Crippen molar-refractivity contribution in [1.29, 1.82) is 0 Å². The van der Waals surface area contributed by atoms with Crippen LogP contribution in [-0.2, 0) is 11.3 Å². The van der Waals surface area contributed by atoms with Crippen LogP contribution in [0.15, 0.2) is 12.3 Å². The van der Waals surface area contributed by atoms with Crippen LogP contribution in [0.5, 0.6) is 0 Å². The van der Waals surface area contributed by atoms with Gasteiger partial charge in [-0.2, -0.15) is 5.10 Å². The van der Waals surface area contributed by atoms with E-state index in [2.05, 4.69) is 23.8 Å². The molecule has 1 aromatic rings. The average Bonchev–Trinajstić information content (AvgIpc) is 2.98. The summed E-state index contributed by atoms with van der Waals surface area (Å²) in [6.07, 6.45) is 3.82. The highest BCUT2D eigenvalue weighted by Gasteiger charge is 2.28. The highest BCUT2D eigenvalue weighted by molar-refractivity contribution is 5.70. The number of likely N-dealkylation sites (tertiary alicyclic amines) is 1. The molecule has 1 fully saturated rings. The van der Waals surface area contributed by atoms with Crippen LogP contribution in [0.2, 0.25) is 0 Å². The van der Waals surface area contributed by atoms with Gasteiger partial charge in [-0.05, 0) is 32.4 Å². The van der Waals surface area contributed by atoms with Crippen molar-refractivity contribution in [3.63, 3.8) is 0 Å². The predicted molar refractivity (Wildman–Crippen MR) is 68.2 cm³/mol. The van der Waals surface area contributed by atoms with E-state index in [0.29, 0.717) is 12.6 Å². The number of nitrogens with zero attached hydrogens (tertiary/aromatic N) is 3. The van der Waals surface area contributed by atoms with Crippen molar-refractivity contribution in [1.82, 2.24) is 14.7 Å². The fraction of sp³-hybridized carbons (Fsp3) is 0.692. The third-order valence-electron chi connectivity index (χ3n) is 3.71. The molecular weight excluding hydrogens is 230 g/mol. The van der Waals surface area contributed by atoms with Gasteiger partial charge in [0.1, 0.15) is 0 Å². The molecule has 0 amide bonds. The third kappa shape index (κ3) is 2.90. The highest BCUT2D eigenvalue weighted by atomic mass is 16.4. The normalized spacial score (nSPS) is 22.2. The van der Waals surface area contributed by atoms with Crippen LogP contribution in [0.25, 0.3) is 0 Å². The first kappa shape index (κ1) is 13.1. The van der Waals surface area contributed by atoms with Gasteiger partial charge in [-0.15, -0.1) is 0 Å². The number of aliphatic carboxylic acids is 1. The fourth-order valence-corrected chi connectivity index (χ4v) is 2.30. The molecule has 1 saturated heterocycles. The summed E-state index contributed by atoms with van der Waals surface area (Å²) in [5.74, 6) is -0.885.